The number of aliphatic hydroxyl groups is 2. The molecule has 0 radical (unpaired) electrons. The van der Waals surface area contributed by atoms with Crippen LogP contribution in [0.25, 0.3) is 0 Å². The molecule has 9 heavy (non-hydrogen) atoms. The molecule has 0 fully saturated rings. The van der Waals surface area contributed by atoms with Gasteiger partial charge in [-0.05, 0) is 0 Å². The maximum Gasteiger partial charge on any atom is 0.0743 e. The summed E-state index contributed by atoms with van der Waals surface area (Å²) < 4.78 is 0. The van der Waals surface area contributed by atoms with Gasteiger partial charge >= 0.3 is 0 Å². The Labute approximate surface area is 59.8 Å². The van der Waals surface area contributed by atoms with E-state index in [0.29, 0.717) is 0 Å². The minimum Gasteiger partial charge on any atom is -0.392 e. The molecule has 2 unspecified atom stereocenters. The van der Waals surface area contributed by atoms with Gasteiger partial charge in [0.15, 0.2) is 0 Å². The van der Waals surface area contributed by atoms with Crippen LogP contribution in [0, 0.1) is 0 Å². The van der Waals surface area contributed by atoms with E-state index in [1.54, 1.807) is 0 Å². The molecule has 0 saturated heterocycles. The number of halogens is 1. The zero-order valence-corrected chi connectivity index (χ0v) is 5.88. The zero-order chi connectivity index (χ0) is 7.28. The van der Waals surface area contributed by atoms with Gasteiger partial charge in [0.2, 0.25) is 0 Å². The fraction of sp³-hybridized carbons (Fsp3) is 0.667. The molecule has 2 atom stereocenters. The third-order valence-electron chi connectivity index (χ3n) is 0.964. The minimum atomic E-state index is -0.640. The van der Waals surface area contributed by atoms with E-state index in [0.717, 1.165) is 0 Å². The van der Waals surface area contributed by atoms with Crippen LogP contribution in [-0.4, -0.2) is 28.3 Å². The second-order valence-electron chi connectivity index (χ2n) is 1.85. The topological polar surface area (TPSA) is 40.5 Å². The van der Waals surface area contributed by atoms with Crippen molar-refractivity contribution in [3.05, 3.63) is 12.7 Å². The second kappa shape index (κ2) is 4.79. The summed E-state index contributed by atoms with van der Waals surface area (Å²) in [7, 11) is 0. The maximum atomic E-state index is 8.82. The highest BCUT2D eigenvalue weighted by Crippen LogP contribution is 1.99. The van der Waals surface area contributed by atoms with Crippen LogP contribution in [0.1, 0.15) is 6.42 Å². The molecule has 0 aromatic carbocycles. The summed E-state index contributed by atoms with van der Waals surface area (Å²) in [6.07, 6.45) is 0.376. The Morgan fingerprint density at radius 3 is 2.44 bits per heavy atom. The van der Waals surface area contributed by atoms with Gasteiger partial charge in [-0.15, -0.1) is 18.2 Å². The van der Waals surface area contributed by atoms with Gasteiger partial charge in [-0.25, -0.2) is 0 Å². The Kier molecular flexibility index (Phi) is 4.77. The van der Waals surface area contributed by atoms with Crippen molar-refractivity contribution in [1.82, 2.24) is 0 Å². The quantitative estimate of drug-likeness (QED) is 0.453. The van der Waals surface area contributed by atoms with Gasteiger partial charge in [0.1, 0.15) is 0 Å². The van der Waals surface area contributed by atoms with Crippen molar-refractivity contribution < 1.29 is 10.2 Å². The van der Waals surface area contributed by atoms with E-state index in [2.05, 4.69) is 6.58 Å². The number of alkyl halides is 1. The molecule has 3 heteroatoms. The Morgan fingerprint density at radius 2 is 2.11 bits per heavy atom. The van der Waals surface area contributed by atoms with Crippen LogP contribution in [0.15, 0.2) is 12.7 Å². The van der Waals surface area contributed by atoms with Gasteiger partial charge in [0.25, 0.3) is 0 Å². The summed E-state index contributed by atoms with van der Waals surface area (Å²) in [6.45, 7) is 3.34. The molecule has 0 saturated carbocycles. The molecule has 0 rings (SSSR count). The normalized spacial score (nSPS) is 16.8. The van der Waals surface area contributed by atoms with Crippen molar-refractivity contribution in [2.75, 3.05) is 5.88 Å². The number of hydrogen-bond donors (Lipinski definition) is 2. The van der Waals surface area contributed by atoms with E-state index in [-0.39, 0.29) is 12.3 Å². The Bertz CT molecular complexity index is 85.1. The first-order chi connectivity index (χ1) is 4.20. The molecule has 54 valence electrons. The highest BCUT2D eigenvalue weighted by molar-refractivity contribution is 6.18. The van der Waals surface area contributed by atoms with Crippen molar-refractivity contribution in [2.24, 2.45) is 0 Å². The van der Waals surface area contributed by atoms with E-state index in [4.69, 9.17) is 21.8 Å². The summed E-state index contributed by atoms with van der Waals surface area (Å²) in [4.78, 5) is 0. The SMILES string of the molecule is C=CC(O)CC(O)CCl. The first-order valence-corrected chi connectivity index (χ1v) is 3.28. The lowest BCUT2D eigenvalue weighted by molar-refractivity contribution is 0.119. The lowest BCUT2D eigenvalue weighted by Crippen LogP contribution is -2.16. The van der Waals surface area contributed by atoms with Gasteiger partial charge in [-0.3, -0.25) is 0 Å². The zero-order valence-electron chi connectivity index (χ0n) is 5.13. The fourth-order valence-electron chi connectivity index (χ4n) is 0.438. The molecule has 0 aliphatic heterocycles. The van der Waals surface area contributed by atoms with Crippen molar-refractivity contribution in [1.29, 1.82) is 0 Å². The number of hydrogen-bond acceptors (Lipinski definition) is 2. The summed E-state index contributed by atoms with van der Waals surface area (Å²) in [5, 5.41) is 17.6. The lowest BCUT2D eigenvalue weighted by atomic mass is 10.2. The summed E-state index contributed by atoms with van der Waals surface area (Å²) in [6, 6.07) is 0. The van der Waals surface area contributed by atoms with Crippen molar-refractivity contribution >= 4 is 11.6 Å². The first kappa shape index (κ1) is 8.95. The third kappa shape index (κ3) is 4.45. The van der Waals surface area contributed by atoms with E-state index in [1.807, 2.05) is 0 Å². The lowest BCUT2D eigenvalue weighted by Gasteiger charge is -2.08. The molecule has 0 bridgehead atoms. The van der Waals surface area contributed by atoms with Gasteiger partial charge in [-0.2, -0.15) is 0 Å². The number of aliphatic hydroxyl groups excluding tert-OH is 2. The highest BCUT2D eigenvalue weighted by Gasteiger charge is 2.06. The van der Waals surface area contributed by atoms with Gasteiger partial charge in [0.05, 0.1) is 12.2 Å². The van der Waals surface area contributed by atoms with E-state index in [1.165, 1.54) is 6.08 Å². The third-order valence-corrected chi connectivity index (χ3v) is 1.32. The van der Waals surface area contributed by atoms with Gasteiger partial charge in [0, 0.05) is 12.3 Å². The average Bonchev–Trinajstić information content (AvgIpc) is 1.87. The Morgan fingerprint density at radius 1 is 1.56 bits per heavy atom. The van der Waals surface area contributed by atoms with Gasteiger partial charge < -0.3 is 10.2 Å². The molecule has 0 amide bonds. The molecule has 0 spiro atoms. The standard InChI is InChI=1S/C6H11ClO2/c1-2-5(8)3-6(9)4-7/h2,5-6,8-9H,1,3-4H2. The number of rotatable bonds is 4. The summed E-state index contributed by atoms with van der Waals surface area (Å²) in [5.74, 6) is 0.158. The average molecular weight is 151 g/mol. The van der Waals surface area contributed by atoms with Crippen LogP contribution in [0.2, 0.25) is 0 Å². The Hall–Kier alpha value is -0.0500. The minimum absolute atomic E-state index is 0.158. The van der Waals surface area contributed by atoms with Crippen LogP contribution in [0.5, 0.6) is 0 Å². The molecule has 0 aromatic heterocycles. The predicted octanol–water partition coefficient (Wildman–Crippen LogP) is 0.523. The van der Waals surface area contributed by atoms with Crippen LogP contribution in [-0.2, 0) is 0 Å². The second-order valence-corrected chi connectivity index (χ2v) is 2.16. The van der Waals surface area contributed by atoms with Crippen LogP contribution < -0.4 is 0 Å². The summed E-state index contributed by atoms with van der Waals surface area (Å²) >= 11 is 5.26. The smallest absolute Gasteiger partial charge is 0.0743 e. The maximum absolute atomic E-state index is 8.82. The van der Waals surface area contributed by atoms with Crippen molar-refractivity contribution in [2.45, 2.75) is 18.6 Å². The molecule has 0 aliphatic carbocycles. The Balaban J connectivity index is 3.33. The predicted molar refractivity (Wildman–Crippen MR) is 37.5 cm³/mol. The van der Waals surface area contributed by atoms with Crippen LogP contribution in [0.3, 0.4) is 0 Å². The van der Waals surface area contributed by atoms with Crippen molar-refractivity contribution in [3.63, 3.8) is 0 Å². The highest BCUT2D eigenvalue weighted by atomic mass is 35.5. The van der Waals surface area contributed by atoms with E-state index >= 15 is 0 Å². The molecule has 0 aliphatic rings. The largest absolute Gasteiger partial charge is 0.392 e. The first-order valence-electron chi connectivity index (χ1n) is 2.75. The van der Waals surface area contributed by atoms with E-state index < -0.39 is 12.2 Å². The van der Waals surface area contributed by atoms with Crippen LogP contribution in [0.4, 0.5) is 0 Å². The molecular weight excluding hydrogens is 140 g/mol. The molecule has 2 nitrogen and oxygen atoms in total. The molecule has 0 heterocycles. The van der Waals surface area contributed by atoms with Crippen molar-refractivity contribution in [3.8, 4) is 0 Å². The molecule has 2 N–H and O–H groups in total. The molecule has 0 aromatic rings. The van der Waals surface area contributed by atoms with Crippen LogP contribution >= 0.6 is 11.6 Å². The molecular formula is C6H11ClO2. The van der Waals surface area contributed by atoms with E-state index in [9.17, 15) is 0 Å². The van der Waals surface area contributed by atoms with Gasteiger partial charge in [-0.1, -0.05) is 6.08 Å². The summed E-state index contributed by atoms with van der Waals surface area (Å²) in [5.41, 5.74) is 0. The monoisotopic (exact) mass is 150 g/mol. The fourth-order valence-corrected chi connectivity index (χ4v) is 0.564.